The van der Waals surface area contributed by atoms with Crippen molar-refractivity contribution in [2.45, 2.75) is 17.5 Å². The number of thioether (sulfide) groups is 1. The molecule has 2 amide bonds. The summed E-state index contributed by atoms with van der Waals surface area (Å²) in [5.74, 6) is -2.10. The minimum absolute atomic E-state index is 0.214. The molecule has 1 aromatic carbocycles. The van der Waals surface area contributed by atoms with Gasteiger partial charge in [-0.05, 0) is 23.3 Å². The van der Waals surface area contributed by atoms with Gasteiger partial charge < -0.3 is 21.3 Å². The predicted octanol–water partition coefficient (Wildman–Crippen LogP) is 0.0707. The fourth-order valence-electron chi connectivity index (χ4n) is 2.87. The maximum Gasteiger partial charge on any atom is 0.352 e. The highest BCUT2D eigenvalue weighted by molar-refractivity contribution is 8.00. The van der Waals surface area contributed by atoms with E-state index in [1.807, 2.05) is 0 Å². The Kier molecular flexibility index (Phi) is 5.24. The summed E-state index contributed by atoms with van der Waals surface area (Å²) in [6, 6.07) is 4.62. The Bertz CT molecular complexity index is 798. The highest BCUT2D eigenvalue weighted by Crippen LogP contribution is 2.40. The van der Waals surface area contributed by atoms with E-state index in [-0.39, 0.29) is 17.0 Å². The van der Waals surface area contributed by atoms with Crippen LogP contribution in [0.5, 0.6) is 0 Å². The van der Waals surface area contributed by atoms with Crippen molar-refractivity contribution in [1.29, 1.82) is 0 Å². The molecule has 0 radical (unpaired) electrons. The van der Waals surface area contributed by atoms with Crippen molar-refractivity contribution in [2.75, 3.05) is 12.4 Å². The summed E-state index contributed by atoms with van der Waals surface area (Å²) in [7, 11) is 0. The van der Waals surface area contributed by atoms with Crippen LogP contribution in [0.2, 0.25) is 5.02 Å². The van der Waals surface area contributed by atoms with E-state index in [2.05, 4.69) is 5.32 Å². The SMILES string of the molecule is NC(C(=O)NC1C(=O)N2C(C(=O)O)=C(CO)CS[C@@H]12)c1ccc(Cl)cc1. The van der Waals surface area contributed by atoms with Crippen LogP contribution in [0.1, 0.15) is 11.6 Å². The molecule has 5 N–H and O–H groups in total. The zero-order valence-electron chi connectivity index (χ0n) is 13.4. The maximum atomic E-state index is 12.4. The molecule has 138 valence electrons. The Morgan fingerprint density at radius 1 is 1.38 bits per heavy atom. The Morgan fingerprint density at radius 3 is 2.62 bits per heavy atom. The Morgan fingerprint density at radius 2 is 2.04 bits per heavy atom. The number of carbonyl (C=O) groups is 3. The largest absolute Gasteiger partial charge is 0.477 e. The molecule has 0 aromatic heterocycles. The van der Waals surface area contributed by atoms with Gasteiger partial charge in [0.1, 0.15) is 23.2 Å². The summed E-state index contributed by atoms with van der Waals surface area (Å²) >= 11 is 7.09. The van der Waals surface area contributed by atoms with Crippen molar-refractivity contribution in [3.05, 3.63) is 46.1 Å². The third kappa shape index (κ3) is 3.18. The topological polar surface area (TPSA) is 133 Å². The number of benzene rings is 1. The third-order valence-corrected chi connectivity index (χ3v) is 5.84. The molecular weight excluding hydrogens is 382 g/mol. The lowest BCUT2D eigenvalue weighted by molar-refractivity contribution is -0.151. The molecule has 3 rings (SSSR count). The number of aliphatic hydroxyl groups is 1. The molecule has 8 nitrogen and oxygen atoms in total. The number of amides is 2. The molecule has 1 fully saturated rings. The Hall–Kier alpha value is -2.07. The number of β-lactam (4-membered cyclic amide) rings is 1. The number of halogens is 1. The van der Waals surface area contributed by atoms with Crippen LogP contribution in [0.3, 0.4) is 0 Å². The number of nitrogens with one attached hydrogen (secondary N) is 1. The number of carboxylic acids is 1. The maximum absolute atomic E-state index is 12.4. The minimum Gasteiger partial charge on any atom is -0.477 e. The first kappa shape index (κ1) is 18.7. The van der Waals surface area contributed by atoms with Crippen molar-refractivity contribution in [1.82, 2.24) is 10.2 Å². The fourth-order valence-corrected chi connectivity index (χ4v) is 4.33. The second-order valence-electron chi connectivity index (χ2n) is 5.84. The van der Waals surface area contributed by atoms with Crippen LogP contribution < -0.4 is 11.1 Å². The number of nitrogens with zero attached hydrogens (tertiary/aromatic N) is 1. The van der Waals surface area contributed by atoms with E-state index in [0.29, 0.717) is 10.6 Å². The zero-order chi connectivity index (χ0) is 19.0. The molecule has 0 spiro atoms. The normalized spacial score (nSPS) is 23.2. The summed E-state index contributed by atoms with van der Waals surface area (Å²) in [5.41, 5.74) is 6.53. The lowest BCUT2D eigenvalue weighted by atomic mass is 10.0. The van der Waals surface area contributed by atoms with Crippen molar-refractivity contribution in [2.24, 2.45) is 5.73 Å². The molecule has 2 heterocycles. The van der Waals surface area contributed by atoms with E-state index in [4.69, 9.17) is 17.3 Å². The number of aliphatic hydroxyl groups excluding tert-OH is 1. The van der Waals surface area contributed by atoms with Gasteiger partial charge in [-0.3, -0.25) is 14.5 Å². The number of carbonyl (C=O) groups excluding carboxylic acids is 2. The van der Waals surface area contributed by atoms with Crippen LogP contribution in [0.25, 0.3) is 0 Å². The van der Waals surface area contributed by atoms with E-state index in [0.717, 1.165) is 4.90 Å². The van der Waals surface area contributed by atoms with Gasteiger partial charge in [-0.15, -0.1) is 11.8 Å². The molecule has 0 bridgehead atoms. The van der Waals surface area contributed by atoms with Gasteiger partial charge in [0.25, 0.3) is 5.91 Å². The fraction of sp³-hybridized carbons (Fsp3) is 0.312. The first-order chi connectivity index (χ1) is 12.3. The first-order valence-electron chi connectivity index (χ1n) is 7.67. The van der Waals surface area contributed by atoms with Gasteiger partial charge in [0.15, 0.2) is 0 Å². The average molecular weight is 398 g/mol. The van der Waals surface area contributed by atoms with Gasteiger partial charge in [0, 0.05) is 10.8 Å². The number of aliphatic carboxylic acids is 1. The third-order valence-electron chi connectivity index (χ3n) is 4.25. The monoisotopic (exact) mass is 397 g/mol. The van der Waals surface area contributed by atoms with Crippen molar-refractivity contribution in [3.63, 3.8) is 0 Å². The molecule has 1 saturated heterocycles. The predicted molar refractivity (Wildman–Crippen MR) is 95.2 cm³/mol. The van der Waals surface area contributed by atoms with E-state index in [9.17, 15) is 24.6 Å². The number of rotatable bonds is 5. The molecule has 0 saturated carbocycles. The lowest BCUT2D eigenvalue weighted by Gasteiger charge is -2.49. The van der Waals surface area contributed by atoms with E-state index in [1.54, 1.807) is 24.3 Å². The van der Waals surface area contributed by atoms with Crippen molar-refractivity contribution in [3.8, 4) is 0 Å². The van der Waals surface area contributed by atoms with Crippen LogP contribution >= 0.6 is 23.4 Å². The van der Waals surface area contributed by atoms with Crippen LogP contribution in [0.15, 0.2) is 35.5 Å². The lowest BCUT2D eigenvalue weighted by Crippen LogP contribution is -2.71. The van der Waals surface area contributed by atoms with Crippen LogP contribution in [-0.4, -0.2) is 56.7 Å². The van der Waals surface area contributed by atoms with Gasteiger partial charge >= 0.3 is 5.97 Å². The van der Waals surface area contributed by atoms with Gasteiger partial charge in [0.2, 0.25) is 5.91 Å². The number of carboxylic acid groups (broad SMARTS) is 1. The Balaban J connectivity index is 1.72. The van der Waals surface area contributed by atoms with Gasteiger partial charge in [-0.25, -0.2) is 4.79 Å². The van der Waals surface area contributed by atoms with Crippen molar-refractivity contribution < 1.29 is 24.6 Å². The molecule has 10 heteroatoms. The summed E-state index contributed by atoms with van der Waals surface area (Å²) < 4.78 is 0. The standard InChI is InChI=1S/C16H16ClN3O5S/c17-9-3-1-7(2-4-9)10(18)13(22)19-11-14(23)20-12(16(24)25)8(5-21)6-26-15(11)20/h1-4,10-11,15,21H,5-6,18H2,(H,19,22)(H,24,25)/t10?,11?,15-/m0/s1. The molecule has 1 aromatic rings. The minimum atomic E-state index is -1.28. The Labute approximate surface area is 158 Å². The van der Waals surface area contributed by atoms with E-state index < -0.39 is 41.8 Å². The number of hydrogen-bond donors (Lipinski definition) is 4. The summed E-state index contributed by atoms with van der Waals surface area (Å²) in [6.45, 7) is -0.441. The number of nitrogens with two attached hydrogens (primary N) is 1. The van der Waals surface area contributed by atoms with Crippen LogP contribution in [0, 0.1) is 0 Å². The summed E-state index contributed by atoms with van der Waals surface area (Å²) in [5, 5.41) is 21.2. The van der Waals surface area contributed by atoms with Crippen molar-refractivity contribution >= 4 is 41.1 Å². The van der Waals surface area contributed by atoms with Gasteiger partial charge in [-0.1, -0.05) is 23.7 Å². The molecule has 2 aliphatic heterocycles. The second kappa shape index (κ2) is 7.28. The number of fused-ring (bicyclic) bond motifs is 1. The first-order valence-corrected chi connectivity index (χ1v) is 9.10. The quantitative estimate of drug-likeness (QED) is 0.517. The molecule has 26 heavy (non-hydrogen) atoms. The highest BCUT2D eigenvalue weighted by Gasteiger charge is 2.54. The average Bonchev–Trinajstić information content (AvgIpc) is 2.64. The summed E-state index contributed by atoms with van der Waals surface area (Å²) in [6.07, 6.45) is 0. The molecule has 0 aliphatic carbocycles. The van der Waals surface area contributed by atoms with E-state index >= 15 is 0 Å². The van der Waals surface area contributed by atoms with Crippen LogP contribution in [0.4, 0.5) is 0 Å². The van der Waals surface area contributed by atoms with Gasteiger partial charge in [-0.2, -0.15) is 0 Å². The van der Waals surface area contributed by atoms with E-state index in [1.165, 1.54) is 11.8 Å². The molecule has 2 unspecified atom stereocenters. The zero-order valence-corrected chi connectivity index (χ0v) is 15.0. The molecular formula is C16H16ClN3O5S. The van der Waals surface area contributed by atoms with Gasteiger partial charge in [0.05, 0.1) is 6.61 Å². The number of hydrogen-bond acceptors (Lipinski definition) is 6. The smallest absolute Gasteiger partial charge is 0.352 e. The summed E-state index contributed by atoms with van der Waals surface area (Å²) in [4.78, 5) is 37.3. The van der Waals surface area contributed by atoms with Crippen LogP contribution in [-0.2, 0) is 14.4 Å². The second-order valence-corrected chi connectivity index (χ2v) is 7.38. The molecule has 2 aliphatic rings. The highest BCUT2D eigenvalue weighted by atomic mass is 35.5. The molecule has 3 atom stereocenters.